The lowest BCUT2D eigenvalue weighted by Crippen LogP contribution is -2.22. The number of carbonyl (C=O) groups excluding carboxylic acids is 2. The molecule has 1 unspecified atom stereocenters. The third-order valence-corrected chi connectivity index (χ3v) is 5.59. The maximum atomic E-state index is 12.4. The summed E-state index contributed by atoms with van der Waals surface area (Å²) < 4.78 is 13.1. The minimum atomic E-state index is -0.418. The molecule has 1 atom stereocenters. The van der Waals surface area contributed by atoms with E-state index in [-0.39, 0.29) is 29.6 Å². The van der Waals surface area contributed by atoms with E-state index in [1.807, 2.05) is 44.3 Å². The van der Waals surface area contributed by atoms with Crippen LogP contribution in [-0.2, 0) is 9.53 Å². The van der Waals surface area contributed by atoms with E-state index < -0.39 is 5.91 Å². The highest BCUT2D eigenvalue weighted by Gasteiger charge is 2.30. The van der Waals surface area contributed by atoms with Crippen molar-refractivity contribution in [3.8, 4) is 17.0 Å². The van der Waals surface area contributed by atoms with Gasteiger partial charge in [0.2, 0.25) is 5.91 Å². The van der Waals surface area contributed by atoms with Crippen molar-refractivity contribution in [3.63, 3.8) is 0 Å². The Morgan fingerprint density at radius 1 is 1.20 bits per heavy atom. The number of nitrogens with one attached hydrogen (secondary N) is 3. The van der Waals surface area contributed by atoms with Crippen LogP contribution in [-0.4, -0.2) is 52.6 Å². The molecule has 2 heterocycles. The Balaban J connectivity index is 1.67. The van der Waals surface area contributed by atoms with Gasteiger partial charge in [-0.2, -0.15) is 5.10 Å². The summed E-state index contributed by atoms with van der Waals surface area (Å²) in [6.45, 7) is 4.44. The van der Waals surface area contributed by atoms with Gasteiger partial charge in [-0.15, -0.1) is 10.2 Å². The van der Waals surface area contributed by atoms with E-state index in [0.29, 0.717) is 29.4 Å². The molecule has 3 N–H and O–H groups in total. The second-order valence-corrected chi connectivity index (χ2v) is 8.08. The SMILES string of the molecule is CCOC(C)n1ccc(-c2cccc(Nc3cc(NC(=O)C4CC4)nnc3C(=O)NC)c2OC)n1. The molecular formula is C24H29N7O4. The minimum absolute atomic E-state index is 0.00820. The molecule has 1 aliphatic carbocycles. The second kappa shape index (κ2) is 10.5. The molecule has 2 aromatic heterocycles. The standard InChI is InChI=1S/C24H29N7O4/c1-5-35-14(2)31-12-11-17(30-31)16-7-6-8-18(22(16)34-4)26-19-13-20(27-23(32)15-9-10-15)28-29-21(19)24(33)25-3/h6-8,11-15H,5,9-10H2,1-4H3,(H,25,33)(H2,26,27,28,32). The van der Waals surface area contributed by atoms with E-state index >= 15 is 0 Å². The van der Waals surface area contributed by atoms with Crippen molar-refractivity contribution < 1.29 is 19.1 Å². The molecule has 1 aliphatic rings. The van der Waals surface area contributed by atoms with Gasteiger partial charge in [0.25, 0.3) is 5.91 Å². The monoisotopic (exact) mass is 479 g/mol. The highest BCUT2D eigenvalue weighted by molar-refractivity contribution is 6.00. The summed E-state index contributed by atoms with van der Waals surface area (Å²) in [6.07, 6.45) is 3.37. The normalized spacial score (nSPS) is 13.7. The van der Waals surface area contributed by atoms with Crippen molar-refractivity contribution in [1.29, 1.82) is 0 Å². The Labute approximate surface area is 203 Å². The molecule has 1 fully saturated rings. The molecule has 11 nitrogen and oxygen atoms in total. The van der Waals surface area contributed by atoms with E-state index in [4.69, 9.17) is 9.47 Å². The van der Waals surface area contributed by atoms with Gasteiger partial charge in [0.1, 0.15) is 6.23 Å². The molecule has 184 valence electrons. The Hall–Kier alpha value is -3.99. The van der Waals surface area contributed by atoms with Crippen LogP contribution in [0, 0.1) is 5.92 Å². The van der Waals surface area contributed by atoms with Crippen molar-refractivity contribution in [3.05, 3.63) is 42.2 Å². The number of amides is 2. The van der Waals surface area contributed by atoms with E-state index in [9.17, 15) is 9.59 Å². The molecule has 0 radical (unpaired) electrons. The van der Waals surface area contributed by atoms with Crippen LogP contribution in [0.25, 0.3) is 11.3 Å². The Morgan fingerprint density at radius 3 is 2.69 bits per heavy atom. The van der Waals surface area contributed by atoms with Crippen molar-refractivity contribution in [1.82, 2.24) is 25.3 Å². The minimum Gasteiger partial charge on any atom is -0.494 e. The molecule has 0 spiro atoms. The number of ether oxygens (including phenoxy) is 2. The molecule has 1 saturated carbocycles. The summed E-state index contributed by atoms with van der Waals surface area (Å²) in [6, 6.07) is 9.04. The first-order chi connectivity index (χ1) is 16.9. The predicted octanol–water partition coefficient (Wildman–Crippen LogP) is 3.36. The highest BCUT2D eigenvalue weighted by atomic mass is 16.5. The van der Waals surface area contributed by atoms with Gasteiger partial charge in [-0.1, -0.05) is 6.07 Å². The first kappa shape index (κ1) is 24.1. The number of benzene rings is 1. The van der Waals surface area contributed by atoms with Crippen LogP contribution in [0.2, 0.25) is 0 Å². The average molecular weight is 480 g/mol. The zero-order valence-corrected chi connectivity index (χ0v) is 20.2. The molecule has 0 aliphatic heterocycles. The summed E-state index contributed by atoms with van der Waals surface area (Å²) in [5, 5.41) is 21.2. The van der Waals surface area contributed by atoms with Gasteiger partial charge in [0.05, 0.1) is 24.2 Å². The number of anilines is 3. The fourth-order valence-corrected chi connectivity index (χ4v) is 3.61. The molecule has 2 amide bonds. The second-order valence-electron chi connectivity index (χ2n) is 8.08. The summed E-state index contributed by atoms with van der Waals surface area (Å²) in [5.41, 5.74) is 2.50. The van der Waals surface area contributed by atoms with Crippen LogP contribution >= 0.6 is 0 Å². The average Bonchev–Trinajstić information content (AvgIpc) is 3.60. The summed E-state index contributed by atoms with van der Waals surface area (Å²) in [7, 11) is 3.08. The van der Waals surface area contributed by atoms with Crippen molar-refractivity contribution in [2.24, 2.45) is 5.92 Å². The molecule has 0 saturated heterocycles. The summed E-state index contributed by atoms with van der Waals surface area (Å²) in [5.74, 6) is 0.281. The summed E-state index contributed by atoms with van der Waals surface area (Å²) in [4.78, 5) is 24.6. The Bertz CT molecular complexity index is 1220. The van der Waals surface area contributed by atoms with Gasteiger partial charge >= 0.3 is 0 Å². The lowest BCUT2D eigenvalue weighted by atomic mass is 10.1. The van der Waals surface area contributed by atoms with Crippen LogP contribution in [0.15, 0.2) is 36.5 Å². The van der Waals surface area contributed by atoms with Crippen molar-refractivity contribution >= 4 is 29.0 Å². The van der Waals surface area contributed by atoms with Crippen molar-refractivity contribution in [2.75, 3.05) is 31.4 Å². The lowest BCUT2D eigenvalue weighted by Gasteiger charge is -2.16. The maximum Gasteiger partial charge on any atom is 0.273 e. The molecule has 3 aromatic rings. The van der Waals surface area contributed by atoms with Crippen LogP contribution in [0.4, 0.5) is 17.2 Å². The molecule has 0 bridgehead atoms. The van der Waals surface area contributed by atoms with Crippen LogP contribution in [0.5, 0.6) is 5.75 Å². The number of nitrogens with zero attached hydrogens (tertiary/aromatic N) is 4. The largest absolute Gasteiger partial charge is 0.494 e. The van der Waals surface area contributed by atoms with Crippen LogP contribution < -0.4 is 20.7 Å². The van der Waals surface area contributed by atoms with Crippen molar-refractivity contribution in [2.45, 2.75) is 32.9 Å². The molecule has 4 rings (SSSR count). The van der Waals surface area contributed by atoms with E-state index in [2.05, 4.69) is 31.2 Å². The number of aromatic nitrogens is 4. The number of carbonyl (C=O) groups is 2. The van der Waals surface area contributed by atoms with Crippen LogP contribution in [0.1, 0.15) is 43.4 Å². The predicted molar refractivity (Wildman–Crippen MR) is 131 cm³/mol. The van der Waals surface area contributed by atoms with Gasteiger partial charge in [-0.25, -0.2) is 4.68 Å². The van der Waals surface area contributed by atoms with E-state index in [1.165, 1.54) is 7.05 Å². The number of para-hydroxylation sites is 1. The van der Waals surface area contributed by atoms with Gasteiger partial charge in [0, 0.05) is 37.4 Å². The zero-order chi connectivity index (χ0) is 24.9. The number of hydrogen-bond donors (Lipinski definition) is 3. The third-order valence-electron chi connectivity index (χ3n) is 5.59. The molecule has 11 heteroatoms. The smallest absolute Gasteiger partial charge is 0.273 e. The quantitative estimate of drug-likeness (QED) is 0.403. The molecule has 35 heavy (non-hydrogen) atoms. The third kappa shape index (κ3) is 5.40. The number of hydrogen-bond acceptors (Lipinski definition) is 8. The van der Waals surface area contributed by atoms with E-state index in [1.54, 1.807) is 17.9 Å². The van der Waals surface area contributed by atoms with Gasteiger partial charge in [0.15, 0.2) is 17.3 Å². The van der Waals surface area contributed by atoms with Gasteiger partial charge in [-0.05, 0) is 44.9 Å². The zero-order valence-electron chi connectivity index (χ0n) is 20.2. The Morgan fingerprint density at radius 2 is 2.00 bits per heavy atom. The highest BCUT2D eigenvalue weighted by Crippen LogP contribution is 2.38. The Kier molecular flexibility index (Phi) is 7.25. The van der Waals surface area contributed by atoms with Gasteiger partial charge < -0.3 is 25.4 Å². The molecule has 1 aromatic carbocycles. The molecular weight excluding hydrogens is 450 g/mol. The lowest BCUT2D eigenvalue weighted by molar-refractivity contribution is -0.117. The fourth-order valence-electron chi connectivity index (χ4n) is 3.61. The topological polar surface area (TPSA) is 132 Å². The van der Waals surface area contributed by atoms with E-state index in [0.717, 1.165) is 18.4 Å². The first-order valence-corrected chi connectivity index (χ1v) is 11.5. The number of methoxy groups -OCH3 is 1. The summed E-state index contributed by atoms with van der Waals surface area (Å²) >= 11 is 0. The van der Waals surface area contributed by atoms with Gasteiger partial charge in [-0.3, -0.25) is 9.59 Å². The fraction of sp³-hybridized carbons (Fsp3) is 0.375. The number of rotatable bonds is 10. The maximum absolute atomic E-state index is 12.4. The van der Waals surface area contributed by atoms with Crippen LogP contribution in [0.3, 0.4) is 0 Å². The first-order valence-electron chi connectivity index (χ1n) is 11.5.